The molecule has 0 radical (unpaired) electrons. The van der Waals surface area contributed by atoms with Gasteiger partial charge in [-0.1, -0.05) is 30.3 Å². The number of rotatable bonds is 2. The number of carboxylic acids is 1. The van der Waals surface area contributed by atoms with Gasteiger partial charge in [-0.25, -0.2) is 0 Å². The van der Waals surface area contributed by atoms with Gasteiger partial charge >= 0.3 is 0 Å². The molecule has 1 aromatic rings. The maximum Gasteiger partial charge on any atom is 0.300 e. The molecule has 0 atom stereocenters. The summed E-state index contributed by atoms with van der Waals surface area (Å²) in [4.78, 5) is 9.00. The van der Waals surface area contributed by atoms with Crippen molar-refractivity contribution in [3.8, 4) is 0 Å². The van der Waals surface area contributed by atoms with Crippen molar-refractivity contribution in [2.45, 2.75) is 12.7 Å². The molecule has 0 aliphatic rings. The highest BCUT2D eigenvalue weighted by Crippen LogP contribution is 2.06. The summed E-state index contributed by atoms with van der Waals surface area (Å²) < 4.78 is 0. The molecular weight excluding hydrogens is 184 g/mol. The van der Waals surface area contributed by atoms with Crippen LogP contribution in [-0.2, 0) is 10.5 Å². The van der Waals surface area contributed by atoms with E-state index in [1.54, 1.807) is 0 Å². The lowest BCUT2D eigenvalue weighted by atomic mass is 10.2. The molecule has 2 nitrogen and oxygen atoms in total. The first-order valence-corrected chi connectivity index (χ1v) is 5.28. The molecule has 0 amide bonds. The van der Waals surface area contributed by atoms with Crippen molar-refractivity contribution in [1.29, 1.82) is 0 Å². The average molecular weight is 198 g/mol. The van der Waals surface area contributed by atoms with Gasteiger partial charge in [-0.15, -0.1) is 0 Å². The highest BCUT2D eigenvalue weighted by Gasteiger charge is 1.84. The zero-order valence-corrected chi connectivity index (χ0v) is 8.67. The van der Waals surface area contributed by atoms with Crippen LogP contribution in [0.4, 0.5) is 0 Å². The average Bonchev–Trinajstić information content (AvgIpc) is 2.06. The molecule has 0 spiro atoms. The van der Waals surface area contributed by atoms with Gasteiger partial charge in [0.15, 0.2) is 0 Å². The second-order valence-corrected chi connectivity index (χ2v) is 3.30. The number of hydrogen-bond acceptors (Lipinski definition) is 2. The van der Waals surface area contributed by atoms with Crippen LogP contribution in [0.2, 0.25) is 0 Å². The van der Waals surface area contributed by atoms with Crippen molar-refractivity contribution in [1.82, 2.24) is 0 Å². The molecule has 0 saturated heterocycles. The van der Waals surface area contributed by atoms with Crippen LogP contribution in [0.1, 0.15) is 12.5 Å². The molecule has 0 aromatic heterocycles. The molecule has 0 aliphatic heterocycles. The van der Waals surface area contributed by atoms with E-state index in [-0.39, 0.29) is 0 Å². The Morgan fingerprint density at radius 3 is 2.23 bits per heavy atom. The highest BCUT2D eigenvalue weighted by molar-refractivity contribution is 7.97. The number of thioether (sulfide) groups is 1. The van der Waals surface area contributed by atoms with Gasteiger partial charge in [0, 0.05) is 12.7 Å². The predicted octanol–water partition coefficient (Wildman–Crippen LogP) is 2.64. The molecule has 13 heavy (non-hydrogen) atoms. The van der Waals surface area contributed by atoms with E-state index in [1.807, 2.05) is 17.8 Å². The Bertz CT molecular complexity index is 230. The molecule has 1 N–H and O–H groups in total. The van der Waals surface area contributed by atoms with Crippen molar-refractivity contribution >= 4 is 17.7 Å². The van der Waals surface area contributed by atoms with E-state index in [1.165, 1.54) is 5.56 Å². The zero-order chi connectivity index (χ0) is 10.1. The molecule has 0 aliphatic carbocycles. The van der Waals surface area contributed by atoms with Crippen molar-refractivity contribution < 1.29 is 9.90 Å². The third-order valence-electron chi connectivity index (χ3n) is 1.15. The lowest BCUT2D eigenvalue weighted by Crippen LogP contribution is -1.78. The lowest BCUT2D eigenvalue weighted by molar-refractivity contribution is -0.134. The Kier molecular flexibility index (Phi) is 7.11. The van der Waals surface area contributed by atoms with Crippen LogP contribution in [0.15, 0.2) is 30.3 Å². The molecule has 0 fully saturated rings. The Labute approximate surface area is 83.0 Å². The third kappa shape index (κ3) is 8.95. The van der Waals surface area contributed by atoms with Crippen LogP contribution >= 0.6 is 11.8 Å². The van der Waals surface area contributed by atoms with Gasteiger partial charge in [0.05, 0.1) is 0 Å². The summed E-state index contributed by atoms with van der Waals surface area (Å²) >= 11 is 1.85. The van der Waals surface area contributed by atoms with E-state index in [4.69, 9.17) is 9.90 Å². The van der Waals surface area contributed by atoms with Gasteiger partial charge in [0.25, 0.3) is 5.97 Å². The van der Waals surface area contributed by atoms with Gasteiger partial charge < -0.3 is 5.11 Å². The summed E-state index contributed by atoms with van der Waals surface area (Å²) in [5.74, 6) is 0.293. The summed E-state index contributed by atoms with van der Waals surface area (Å²) in [5, 5.41) is 7.42. The van der Waals surface area contributed by atoms with Crippen LogP contribution in [0.5, 0.6) is 0 Å². The minimum atomic E-state index is -0.833. The fraction of sp³-hybridized carbons (Fsp3) is 0.300. The summed E-state index contributed by atoms with van der Waals surface area (Å²) in [6.45, 7) is 1.08. The third-order valence-corrected chi connectivity index (χ3v) is 1.78. The molecule has 72 valence electrons. The first kappa shape index (κ1) is 12.0. The second-order valence-electron chi connectivity index (χ2n) is 2.44. The molecule has 0 saturated carbocycles. The van der Waals surface area contributed by atoms with Gasteiger partial charge in [-0.2, -0.15) is 11.8 Å². The van der Waals surface area contributed by atoms with Crippen LogP contribution in [-0.4, -0.2) is 17.3 Å². The monoisotopic (exact) mass is 198 g/mol. The molecule has 1 aromatic carbocycles. The normalized spacial score (nSPS) is 8.46. The highest BCUT2D eigenvalue weighted by atomic mass is 32.2. The van der Waals surface area contributed by atoms with Gasteiger partial charge in [-0.3, -0.25) is 4.79 Å². The smallest absolute Gasteiger partial charge is 0.300 e. The number of benzene rings is 1. The summed E-state index contributed by atoms with van der Waals surface area (Å²) in [6, 6.07) is 10.5. The SMILES string of the molecule is CC(=O)O.CSCc1ccccc1. The van der Waals surface area contributed by atoms with Crippen LogP contribution in [0.25, 0.3) is 0 Å². The molecular formula is C10H14O2S. The van der Waals surface area contributed by atoms with E-state index in [0.29, 0.717) is 0 Å². The Balaban J connectivity index is 0.000000310. The zero-order valence-electron chi connectivity index (χ0n) is 7.86. The largest absolute Gasteiger partial charge is 0.481 e. The topological polar surface area (TPSA) is 37.3 Å². The van der Waals surface area contributed by atoms with E-state index >= 15 is 0 Å². The minimum absolute atomic E-state index is 0.833. The van der Waals surface area contributed by atoms with E-state index < -0.39 is 5.97 Å². The first-order valence-electron chi connectivity index (χ1n) is 3.89. The van der Waals surface area contributed by atoms with E-state index in [0.717, 1.165) is 12.7 Å². The standard InChI is InChI=1S/C8H10S.C2H4O2/c1-9-7-8-5-3-2-4-6-8;1-2(3)4/h2-6H,7H2,1H3;1H3,(H,3,4). The molecule has 3 heteroatoms. The number of aliphatic carboxylic acids is 1. The minimum Gasteiger partial charge on any atom is -0.481 e. The maximum atomic E-state index is 9.00. The quantitative estimate of drug-likeness (QED) is 0.793. The molecule has 0 unspecified atom stereocenters. The van der Waals surface area contributed by atoms with Crippen molar-refractivity contribution in [2.24, 2.45) is 0 Å². The fourth-order valence-corrected chi connectivity index (χ4v) is 1.27. The first-order chi connectivity index (χ1) is 6.16. The van der Waals surface area contributed by atoms with Crippen molar-refractivity contribution in [3.63, 3.8) is 0 Å². The van der Waals surface area contributed by atoms with Gasteiger partial charge in [-0.05, 0) is 11.8 Å². The van der Waals surface area contributed by atoms with Crippen LogP contribution in [0.3, 0.4) is 0 Å². The Morgan fingerprint density at radius 2 is 1.85 bits per heavy atom. The summed E-state index contributed by atoms with van der Waals surface area (Å²) in [5.41, 5.74) is 1.41. The number of carbonyl (C=O) groups is 1. The fourth-order valence-electron chi connectivity index (χ4n) is 0.741. The van der Waals surface area contributed by atoms with Crippen LogP contribution in [0, 0.1) is 0 Å². The van der Waals surface area contributed by atoms with E-state index in [2.05, 4.69) is 30.5 Å². The maximum absolute atomic E-state index is 9.00. The molecule has 1 rings (SSSR count). The van der Waals surface area contributed by atoms with Crippen LogP contribution < -0.4 is 0 Å². The summed E-state index contributed by atoms with van der Waals surface area (Å²) in [6.07, 6.45) is 2.12. The van der Waals surface area contributed by atoms with Gasteiger partial charge in [0.2, 0.25) is 0 Å². The van der Waals surface area contributed by atoms with Crippen molar-refractivity contribution in [3.05, 3.63) is 35.9 Å². The predicted molar refractivity (Wildman–Crippen MR) is 57.0 cm³/mol. The second kappa shape index (κ2) is 7.68. The van der Waals surface area contributed by atoms with E-state index in [9.17, 15) is 0 Å². The Hall–Kier alpha value is -0.960. The lowest BCUT2D eigenvalue weighted by Gasteiger charge is -1.93. The van der Waals surface area contributed by atoms with Crippen molar-refractivity contribution in [2.75, 3.05) is 6.26 Å². The molecule has 0 heterocycles. The van der Waals surface area contributed by atoms with Gasteiger partial charge in [0.1, 0.15) is 0 Å². The number of carboxylic acid groups (broad SMARTS) is 1. The summed E-state index contributed by atoms with van der Waals surface area (Å²) in [7, 11) is 0. The molecule has 0 bridgehead atoms. The Morgan fingerprint density at radius 1 is 1.38 bits per heavy atom. The number of hydrogen-bond donors (Lipinski definition) is 1.